The van der Waals surface area contributed by atoms with Gasteiger partial charge in [-0.2, -0.15) is 0 Å². The third-order valence-electron chi connectivity index (χ3n) is 2.22. The summed E-state index contributed by atoms with van der Waals surface area (Å²) in [7, 11) is 0. The molecule has 72 valence electrons. The van der Waals surface area contributed by atoms with Crippen LogP contribution in [0.3, 0.4) is 0 Å². The summed E-state index contributed by atoms with van der Waals surface area (Å²) in [4.78, 5) is 18.2. The van der Waals surface area contributed by atoms with Crippen LogP contribution in [0.4, 0.5) is 0 Å². The van der Waals surface area contributed by atoms with Crippen LogP contribution in [0.2, 0.25) is 0 Å². The van der Waals surface area contributed by atoms with E-state index < -0.39 is 0 Å². The zero-order chi connectivity index (χ0) is 9.97. The molecule has 0 fully saturated rings. The molecule has 0 saturated heterocycles. The topological polar surface area (TPSA) is 45.8 Å². The lowest BCUT2D eigenvalue weighted by Crippen LogP contribution is -2.04. The largest absolute Gasteiger partial charge is 0.322 e. The summed E-state index contributed by atoms with van der Waals surface area (Å²) in [6, 6.07) is 5.21. The minimum atomic E-state index is -0.0638. The maximum absolute atomic E-state index is 11.1. The first-order valence-corrected chi connectivity index (χ1v) is 4.78. The molecule has 0 atom stereocenters. The molecular weight excluding hydrogens is 176 g/mol. The highest BCUT2D eigenvalue weighted by atomic mass is 16.1. The predicted molar refractivity (Wildman–Crippen MR) is 56.4 cm³/mol. The summed E-state index contributed by atoms with van der Waals surface area (Å²) in [6.07, 6.45) is 3.75. The summed E-state index contributed by atoms with van der Waals surface area (Å²) in [5.41, 5.74) is 1.86. The van der Waals surface area contributed by atoms with E-state index in [2.05, 4.69) is 16.9 Å². The lowest BCUT2D eigenvalue weighted by atomic mass is 10.1. The molecule has 0 aromatic carbocycles. The molecule has 2 rings (SSSR count). The lowest BCUT2D eigenvalue weighted by molar-refractivity contribution is 0.892. The second-order valence-corrected chi connectivity index (χ2v) is 3.29. The summed E-state index contributed by atoms with van der Waals surface area (Å²) in [5.74, 6) is 0. The Morgan fingerprint density at radius 2 is 2.21 bits per heavy atom. The second-order valence-electron chi connectivity index (χ2n) is 3.29. The number of hydrogen-bond donors (Lipinski definition) is 1. The second kappa shape index (κ2) is 3.62. The number of nitrogens with zero attached hydrogens (tertiary/aromatic N) is 1. The summed E-state index contributed by atoms with van der Waals surface area (Å²) in [6.45, 7) is 2.12. The van der Waals surface area contributed by atoms with Crippen LogP contribution in [0.5, 0.6) is 0 Å². The van der Waals surface area contributed by atoms with Gasteiger partial charge in [-0.05, 0) is 18.6 Å². The minimum absolute atomic E-state index is 0.0638. The Balaban J connectivity index is 2.68. The number of fused-ring (bicyclic) bond motifs is 1. The zero-order valence-electron chi connectivity index (χ0n) is 8.08. The third kappa shape index (κ3) is 1.53. The summed E-state index contributed by atoms with van der Waals surface area (Å²) >= 11 is 0. The van der Waals surface area contributed by atoms with E-state index in [-0.39, 0.29) is 5.56 Å². The van der Waals surface area contributed by atoms with Gasteiger partial charge < -0.3 is 4.98 Å². The van der Waals surface area contributed by atoms with Gasteiger partial charge in [0.15, 0.2) is 0 Å². The highest BCUT2D eigenvalue weighted by molar-refractivity contribution is 5.80. The van der Waals surface area contributed by atoms with Gasteiger partial charge in [-0.25, -0.2) is 0 Å². The van der Waals surface area contributed by atoms with Crippen molar-refractivity contribution in [2.75, 3.05) is 0 Å². The smallest absolute Gasteiger partial charge is 0.248 e. The highest BCUT2D eigenvalue weighted by Crippen LogP contribution is 2.13. The lowest BCUT2D eigenvalue weighted by Gasteiger charge is -2.02. The minimum Gasteiger partial charge on any atom is -0.322 e. The SMILES string of the molecule is CCCc1nccc2[nH]c(=O)ccc12. The average Bonchev–Trinajstić information content (AvgIpc) is 2.18. The van der Waals surface area contributed by atoms with Crippen molar-refractivity contribution in [3.05, 3.63) is 40.4 Å². The molecule has 0 unspecified atom stereocenters. The monoisotopic (exact) mass is 188 g/mol. The van der Waals surface area contributed by atoms with Crippen molar-refractivity contribution in [2.45, 2.75) is 19.8 Å². The van der Waals surface area contributed by atoms with Gasteiger partial charge in [-0.15, -0.1) is 0 Å². The van der Waals surface area contributed by atoms with Crippen LogP contribution in [0.15, 0.2) is 29.2 Å². The quantitative estimate of drug-likeness (QED) is 0.782. The number of rotatable bonds is 2. The van der Waals surface area contributed by atoms with Crippen molar-refractivity contribution in [1.82, 2.24) is 9.97 Å². The molecule has 0 aliphatic heterocycles. The normalized spacial score (nSPS) is 10.6. The van der Waals surface area contributed by atoms with Crippen molar-refractivity contribution in [3.63, 3.8) is 0 Å². The van der Waals surface area contributed by atoms with Gasteiger partial charge in [0, 0.05) is 23.3 Å². The molecule has 0 saturated carbocycles. The Morgan fingerprint density at radius 3 is 3.00 bits per heavy atom. The molecule has 0 amide bonds. The maximum atomic E-state index is 11.1. The molecule has 0 radical (unpaired) electrons. The van der Waals surface area contributed by atoms with Gasteiger partial charge in [0.05, 0.1) is 5.52 Å². The molecule has 2 heterocycles. The Morgan fingerprint density at radius 1 is 1.36 bits per heavy atom. The van der Waals surface area contributed by atoms with Crippen molar-refractivity contribution in [1.29, 1.82) is 0 Å². The van der Waals surface area contributed by atoms with Crippen LogP contribution in [0, 0.1) is 0 Å². The Hall–Kier alpha value is -1.64. The Bertz CT molecular complexity index is 502. The fraction of sp³-hybridized carbons (Fsp3) is 0.273. The van der Waals surface area contributed by atoms with Crippen LogP contribution in [0.1, 0.15) is 19.0 Å². The van der Waals surface area contributed by atoms with Gasteiger partial charge in [-0.3, -0.25) is 9.78 Å². The summed E-state index contributed by atoms with van der Waals surface area (Å²) < 4.78 is 0. The van der Waals surface area contributed by atoms with Gasteiger partial charge >= 0.3 is 0 Å². The molecule has 1 N–H and O–H groups in total. The molecule has 0 spiro atoms. The predicted octanol–water partition coefficient (Wildman–Crippen LogP) is 1.88. The molecule has 2 aromatic rings. The highest BCUT2D eigenvalue weighted by Gasteiger charge is 2.00. The molecule has 0 aliphatic carbocycles. The van der Waals surface area contributed by atoms with E-state index in [1.165, 1.54) is 0 Å². The number of H-pyrrole nitrogens is 1. The molecule has 0 aliphatic rings. The number of nitrogens with one attached hydrogen (secondary N) is 1. The zero-order valence-corrected chi connectivity index (χ0v) is 8.08. The standard InChI is InChI=1S/C11H12N2O/c1-2-3-9-8-4-5-11(14)13-10(8)6-7-12-9/h4-7H,2-3H2,1H3,(H,13,14). The maximum Gasteiger partial charge on any atom is 0.248 e. The van der Waals surface area contributed by atoms with E-state index in [9.17, 15) is 4.79 Å². The molecule has 14 heavy (non-hydrogen) atoms. The van der Waals surface area contributed by atoms with Crippen LogP contribution in [-0.4, -0.2) is 9.97 Å². The molecule has 3 heteroatoms. The fourth-order valence-electron chi connectivity index (χ4n) is 1.58. The van der Waals surface area contributed by atoms with Gasteiger partial charge in [-0.1, -0.05) is 13.3 Å². The van der Waals surface area contributed by atoms with E-state index >= 15 is 0 Å². The molecule has 2 aromatic heterocycles. The van der Waals surface area contributed by atoms with E-state index in [1.807, 2.05) is 12.1 Å². The number of aromatic nitrogens is 2. The third-order valence-corrected chi connectivity index (χ3v) is 2.22. The van der Waals surface area contributed by atoms with Crippen molar-refractivity contribution in [3.8, 4) is 0 Å². The van der Waals surface area contributed by atoms with Crippen molar-refractivity contribution in [2.24, 2.45) is 0 Å². The van der Waals surface area contributed by atoms with Crippen LogP contribution in [0.25, 0.3) is 10.9 Å². The first-order chi connectivity index (χ1) is 6.81. The van der Waals surface area contributed by atoms with Crippen LogP contribution < -0.4 is 5.56 Å². The van der Waals surface area contributed by atoms with Gasteiger partial charge in [0.2, 0.25) is 5.56 Å². The fourth-order valence-corrected chi connectivity index (χ4v) is 1.58. The van der Waals surface area contributed by atoms with Gasteiger partial charge in [0.25, 0.3) is 0 Å². The van der Waals surface area contributed by atoms with E-state index in [4.69, 9.17) is 0 Å². The first-order valence-electron chi connectivity index (χ1n) is 4.78. The molecule has 3 nitrogen and oxygen atoms in total. The molecule has 0 bridgehead atoms. The number of aromatic amines is 1. The summed E-state index contributed by atoms with van der Waals surface area (Å²) in [5, 5.41) is 1.05. The Kier molecular flexibility index (Phi) is 2.31. The van der Waals surface area contributed by atoms with Gasteiger partial charge in [0.1, 0.15) is 0 Å². The first kappa shape index (κ1) is 8.94. The average molecular weight is 188 g/mol. The van der Waals surface area contributed by atoms with Crippen LogP contribution in [-0.2, 0) is 6.42 Å². The van der Waals surface area contributed by atoms with E-state index in [0.717, 1.165) is 29.4 Å². The van der Waals surface area contributed by atoms with E-state index in [1.54, 1.807) is 12.3 Å². The Labute approximate surface area is 81.8 Å². The van der Waals surface area contributed by atoms with Crippen molar-refractivity contribution >= 4 is 10.9 Å². The number of aryl methyl sites for hydroxylation is 1. The van der Waals surface area contributed by atoms with Crippen LogP contribution >= 0.6 is 0 Å². The number of pyridine rings is 2. The van der Waals surface area contributed by atoms with E-state index in [0.29, 0.717) is 0 Å². The molecular formula is C11H12N2O. The van der Waals surface area contributed by atoms with Crippen molar-refractivity contribution < 1.29 is 0 Å². The number of hydrogen-bond acceptors (Lipinski definition) is 2.